The first-order valence-corrected chi connectivity index (χ1v) is 24.5. The molecule has 1 heterocycles. The largest absolute Gasteiger partial charge is 0.455 e. The van der Waals surface area contributed by atoms with Gasteiger partial charge in [-0.2, -0.15) is 0 Å². The molecule has 1 aliphatic rings. The van der Waals surface area contributed by atoms with Crippen molar-refractivity contribution in [2.24, 2.45) is 0 Å². The van der Waals surface area contributed by atoms with Gasteiger partial charge in [-0.25, -0.2) is 0 Å². The van der Waals surface area contributed by atoms with Gasteiger partial charge in [0.25, 0.3) is 0 Å². The maximum absolute atomic E-state index is 6.57. The summed E-state index contributed by atoms with van der Waals surface area (Å²) in [5.74, 6) is 0. The third kappa shape index (κ3) is 6.49. The number of furan rings is 1. The fraction of sp³-hybridized carbons (Fsp3) is 0.0145. The highest BCUT2D eigenvalue weighted by molar-refractivity contribution is 6.11. The molecule has 332 valence electrons. The Kier molecular flexibility index (Phi) is 9.47. The minimum atomic E-state index is -0.525. The standard InChI is InChI=1S/C69H45NO/c1-4-16-48(17-5-1)59-25-14-26-60-62-45-51(37-43-66(62)71-68(59)60)47-34-40-56(41-35-47)70(55-38-32-46(33-39-55)50-36-42-58-52(44-50)31-30-49-18-10-11-23-57(49)58)65-29-15-28-64-67(65)61-24-12-13-27-63(61)69(64,53-19-6-2-7-20-53)54-21-8-3-9-22-54/h1-45H. The summed E-state index contributed by atoms with van der Waals surface area (Å²) in [6.07, 6.45) is 0. The van der Waals surface area contributed by atoms with Crippen molar-refractivity contribution >= 4 is 60.5 Å². The van der Waals surface area contributed by atoms with Gasteiger partial charge in [-0.05, 0) is 126 Å². The molecule has 71 heavy (non-hydrogen) atoms. The average molecular weight is 904 g/mol. The number of fused-ring (bicyclic) bond motifs is 9. The van der Waals surface area contributed by atoms with E-state index in [0.29, 0.717) is 0 Å². The Morgan fingerprint density at radius 3 is 1.58 bits per heavy atom. The Labute approximate surface area is 413 Å². The number of hydrogen-bond donors (Lipinski definition) is 0. The molecule has 1 aromatic heterocycles. The lowest BCUT2D eigenvalue weighted by Crippen LogP contribution is -2.28. The predicted octanol–water partition coefficient (Wildman–Crippen LogP) is 18.7. The number of hydrogen-bond acceptors (Lipinski definition) is 2. The average Bonchev–Trinajstić information content (AvgIpc) is 3.98. The van der Waals surface area contributed by atoms with E-state index in [0.717, 1.165) is 61.3 Å². The number of nitrogens with zero attached hydrogens (tertiary/aromatic N) is 1. The second-order valence-electron chi connectivity index (χ2n) is 18.7. The zero-order valence-electron chi connectivity index (χ0n) is 38.8. The van der Waals surface area contributed by atoms with E-state index >= 15 is 0 Å². The Bertz CT molecular complexity index is 4100. The molecular formula is C69H45NO. The monoisotopic (exact) mass is 903 g/mol. The zero-order chi connectivity index (χ0) is 46.9. The van der Waals surface area contributed by atoms with E-state index < -0.39 is 5.41 Å². The van der Waals surface area contributed by atoms with E-state index in [1.807, 2.05) is 0 Å². The van der Waals surface area contributed by atoms with Gasteiger partial charge < -0.3 is 9.32 Å². The van der Waals surface area contributed by atoms with Crippen LogP contribution in [0.3, 0.4) is 0 Å². The van der Waals surface area contributed by atoms with Crippen LogP contribution in [0.25, 0.3) is 88.0 Å². The molecule has 0 atom stereocenters. The number of rotatable bonds is 8. The summed E-state index contributed by atoms with van der Waals surface area (Å²) in [5.41, 5.74) is 19.0. The highest BCUT2D eigenvalue weighted by Gasteiger charge is 2.47. The minimum absolute atomic E-state index is 0.525. The number of para-hydroxylation sites is 1. The molecule has 0 aliphatic heterocycles. The molecule has 0 spiro atoms. The van der Waals surface area contributed by atoms with Crippen LogP contribution >= 0.6 is 0 Å². The van der Waals surface area contributed by atoms with E-state index in [9.17, 15) is 0 Å². The molecule has 2 heteroatoms. The van der Waals surface area contributed by atoms with Crippen LogP contribution in [0.1, 0.15) is 22.3 Å². The summed E-state index contributed by atoms with van der Waals surface area (Å²) < 4.78 is 6.57. The van der Waals surface area contributed by atoms with Crippen molar-refractivity contribution in [2.75, 3.05) is 4.90 Å². The van der Waals surface area contributed by atoms with E-state index in [-0.39, 0.29) is 0 Å². The molecule has 13 aromatic rings. The lowest BCUT2D eigenvalue weighted by molar-refractivity contribution is 0.670. The van der Waals surface area contributed by atoms with Crippen LogP contribution < -0.4 is 4.90 Å². The molecule has 0 radical (unpaired) electrons. The molecule has 0 bridgehead atoms. The lowest BCUT2D eigenvalue weighted by atomic mass is 9.68. The first-order valence-electron chi connectivity index (χ1n) is 24.5. The summed E-state index contributed by atoms with van der Waals surface area (Å²) in [5, 5.41) is 7.28. The van der Waals surface area contributed by atoms with Gasteiger partial charge in [0.15, 0.2) is 0 Å². The summed E-state index contributed by atoms with van der Waals surface area (Å²) in [6.45, 7) is 0. The van der Waals surface area contributed by atoms with Crippen LogP contribution in [-0.4, -0.2) is 0 Å². The zero-order valence-corrected chi connectivity index (χ0v) is 38.8. The van der Waals surface area contributed by atoms with Gasteiger partial charge in [0.1, 0.15) is 11.2 Å². The summed E-state index contributed by atoms with van der Waals surface area (Å²) in [4.78, 5) is 2.46. The maximum atomic E-state index is 6.57. The number of anilines is 3. The fourth-order valence-electron chi connectivity index (χ4n) is 11.7. The molecule has 1 aliphatic carbocycles. The van der Waals surface area contributed by atoms with Gasteiger partial charge in [-0.3, -0.25) is 0 Å². The van der Waals surface area contributed by atoms with Crippen molar-refractivity contribution in [3.63, 3.8) is 0 Å². The van der Waals surface area contributed by atoms with Crippen LogP contribution in [0.5, 0.6) is 0 Å². The predicted molar refractivity (Wildman–Crippen MR) is 297 cm³/mol. The molecule has 0 fully saturated rings. The third-order valence-corrected chi connectivity index (χ3v) is 14.9. The Balaban J connectivity index is 0.923. The van der Waals surface area contributed by atoms with Crippen LogP contribution in [0, 0.1) is 0 Å². The maximum Gasteiger partial charge on any atom is 0.143 e. The van der Waals surface area contributed by atoms with Crippen molar-refractivity contribution in [1.82, 2.24) is 0 Å². The molecule has 0 saturated heterocycles. The van der Waals surface area contributed by atoms with E-state index in [4.69, 9.17) is 4.42 Å². The van der Waals surface area contributed by atoms with Crippen molar-refractivity contribution in [2.45, 2.75) is 5.41 Å². The highest BCUT2D eigenvalue weighted by Crippen LogP contribution is 2.59. The fourth-order valence-corrected chi connectivity index (χ4v) is 11.7. The molecule has 0 saturated carbocycles. The van der Waals surface area contributed by atoms with Crippen molar-refractivity contribution in [1.29, 1.82) is 0 Å². The number of benzene rings is 12. The first kappa shape index (κ1) is 40.8. The molecule has 2 nitrogen and oxygen atoms in total. The molecule has 12 aromatic carbocycles. The SMILES string of the molecule is c1ccc(-c2cccc3c2oc2ccc(-c4ccc(N(c5ccc(-c6ccc7c(ccc8ccccc87)c6)cc5)c5cccc6c5-c5ccccc5C6(c5ccccc5)c5ccccc5)cc4)cc23)cc1. The molecule has 0 unspecified atom stereocenters. The summed E-state index contributed by atoms with van der Waals surface area (Å²) >= 11 is 0. The van der Waals surface area contributed by atoms with Crippen LogP contribution in [0.15, 0.2) is 277 Å². The van der Waals surface area contributed by atoms with Gasteiger partial charge in [-0.15, -0.1) is 0 Å². The summed E-state index contributed by atoms with van der Waals surface area (Å²) in [6, 6.07) is 99.8. The quantitative estimate of drug-likeness (QED) is 0.141. The lowest BCUT2D eigenvalue weighted by Gasteiger charge is -2.34. The van der Waals surface area contributed by atoms with E-state index in [1.54, 1.807) is 0 Å². The van der Waals surface area contributed by atoms with Crippen LogP contribution in [0.2, 0.25) is 0 Å². The van der Waals surface area contributed by atoms with Gasteiger partial charge in [0, 0.05) is 33.3 Å². The van der Waals surface area contributed by atoms with Crippen LogP contribution in [-0.2, 0) is 5.41 Å². The van der Waals surface area contributed by atoms with Crippen LogP contribution in [0.4, 0.5) is 17.1 Å². The van der Waals surface area contributed by atoms with E-state index in [1.165, 1.54) is 66.1 Å². The van der Waals surface area contributed by atoms with Gasteiger partial charge >= 0.3 is 0 Å². The summed E-state index contributed by atoms with van der Waals surface area (Å²) in [7, 11) is 0. The van der Waals surface area contributed by atoms with Gasteiger partial charge in [0.05, 0.1) is 11.1 Å². The van der Waals surface area contributed by atoms with E-state index in [2.05, 4.69) is 278 Å². The van der Waals surface area contributed by atoms with Gasteiger partial charge in [-0.1, -0.05) is 224 Å². The first-order chi connectivity index (χ1) is 35.2. The van der Waals surface area contributed by atoms with Crippen molar-refractivity contribution in [3.05, 3.63) is 295 Å². The smallest absolute Gasteiger partial charge is 0.143 e. The molecule has 0 N–H and O–H groups in total. The van der Waals surface area contributed by atoms with Crippen molar-refractivity contribution < 1.29 is 4.42 Å². The van der Waals surface area contributed by atoms with Gasteiger partial charge in [0.2, 0.25) is 0 Å². The topological polar surface area (TPSA) is 16.4 Å². The normalized spacial score (nSPS) is 12.6. The minimum Gasteiger partial charge on any atom is -0.455 e. The Morgan fingerprint density at radius 2 is 0.845 bits per heavy atom. The second kappa shape index (κ2) is 16.5. The molecule has 14 rings (SSSR count). The Hall–Kier alpha value is -9.24. The Morgan fingerprint density at radius 1 is 0.310 bits per heavy atom. The molecular weight excluding hydrogens is 859 g/mol. The highest BCUT2D eigenvalue weighted by atomic mass is 16.3. The third-order valence-electron chi connectivity index (χ3n) is 14.9. The van der Waals surface area contributed by atoms with Crippen molar-refractivity contribution in [3.8, 4) is 44.5 Å². The molecule has 0 amide bonds. The second-order valence-corrected chi connectivity index (χ2v) is 18.7.